The molecule has 3 heterocycles. The number of alkyl carbamates (subject to hydrolysis) is 1. The average molecular weight is 650 g/mol. The van der Waals surface area contributed by atoms with E-state index in [0.717, 1.165) is 11.1 Å². The van der Waals surface area contributed by atoms with Gasteiger partial charge in [0.15, 0.2) is 5.72 Å². The van der Waals surface area contributed by atoms with E-state index in [1.165, 1.54) is 19.1 Å². The summed E-state index contributed by atoms with van der Waals surface area (Å²) in [5.74, 6) is -0.974. The van der Waals surface area contributed by atoms with Gasteiger partial charge in [-0.05, 0) is 51.9 Å². The first-order chi connectivity index (χ1) is 21.2. The number of nitrogens with one attached hydrogen (secondary N) is 2. The molecule has 0 radical (unpaired) electrons. The SMILES string of the molecule is CN[C@H](C)C(=O)O[C@H]1CC(=O)N(C)c2cc(cc(OC)c2Cl)C/C(C)=C/C=C/[C@@H](OC)[C@@]2(O)C[C@H](OC(=O)N2)[C@@H](C)[C@@H]2O[C@@]12C. The lowest BCUT2D eigenvalue weighted by molar-refractivity contribution is -0.155. The average Bonchev–Trinajstić information content (AvgIpc) is 3.69. The maximum Gasteiger partial charge on any atom is 0.409 e. The van der Waals surface area contributed by atoms with Gasteiger partial charge in [0.1, 0.15) is 40.7 Å². The minimum Gasteiger partial charge on any atom is -0.495 e. The molecule has 2 fully saturated rings. The summed E-state index contributed by atoms with van der Waals surface area (Å²) in [6.07, 6.45) is 1.52. The van der Waals surface area contributed by atoms with Crippen LogP contribution >= 0.6 is 11.6 Å². The molecule has 13 heteroatoms. The number of anilines is 1. The van der Waals surface area contributed by atoms with Crippen molar-refractivity contribution in [1.29, 1.82) is 0 Å². The van der Waals surface area contributed by atoms with Crippen molar-refractivity contribution < 1.29 is 43.2 Å². The highest BCUT2D eigenvalue weighted by Crippen LogP contribution is 2.49. The Bertz CT molecular complexity index is 1370. The Labute approximate surface area is 269 Å². The van der Waals surface area contributed by atoms with Crippen LogP contribution in [0.15, 0.2) is 35.9 Å². The van der Waals surface area contributed by atoms with Crippen LogP contribution in [0.3, 0.4) is 0 Å². The molecule has 0 aromatic heterocycles. The number of aliphatic hydroxyl groups is 1. The first-order valence-corrected chi connectivity index (χ1v) is 15.3. The zero-order chi connectivity index (χ0) is 33.3. The number of hydrogen-bond acceptors (Lipinski definition) is 10. The maximum atomic E-state index is 13.8. The van der Waals surface area contributed by atoms with Crippen molar-refractivity contribution in [1.82, 2.24) is 10.6 Å². The van der Waals surface area contributed by atoms with Crippen LogP contribution in [0, 0.1) is 5.92 Å². The number of fused-ring (bicyclic) bond motifs is 5. The first-order valence-electron chi connectivity index (χ1n) is 14.9. The summed E-state index contributed by atoms with van der Waals surface area (Å²) < 4.78 is 28.8. The molecule has 0 unspecified atom stereocenters. The second-order valence-corrected chi connectivity index (χ2v) is 12.6. The normalized spacial score (nSPS) is 34.8. The molecule has 0 saturated carbocycles. The van der Waals surface area contributed by atoms with E-state index in [1.54, 1.807) is 46.2 Å². The number of likely N-dealkylation sites (N-methyl/N-ethyl adjacent to an activating group) is 1. The molecule has 2 saturated heterocycles. The first kappa shape index (κ1) is 34.7. The fourth-order valence-electron chi connectivity index (χ4n) is 5.97. The Morgan fingerprint density at radius 2 is 2.00 bits per heavy atom. The Balaban J connectivity index is 1.80. The lowest BCUT2D eigenvalue weighted by Gasteiger charge is -2.42. The van der Waals surface area contributed by atoms with Gasteiger partial charge in [-0.1, -0.05) is 42.3 Å². The summed E-state index contributed by atoms with van der Waals surface area (Å²) >= 11 is 6.69. The predicted molar refractivity (Wildman–Crippen MR) is 167 cm³/mol. The summed E-state index contributed by atoms with van der Waals surface area (Å²) in [7, 11) is 6.18. The van der Waals surface area contributed by atoms with E-state index in [1.807, 2.05) is 26.0 Å². The van der Waals surface area contributed by atoms with Crippen molar-refractivity contribution in [2.24, 2.45) is 5.92 Å². The van der Waals surface area contributed by atoms with E-state index < -0.39 is 59.8 Å². The van der Waals surface area contributed by atoms with Gasteiger partial charge in [-0.3, -0.25) is 14.9 Å². The number of amides is 2. The highest BCUT2D eigenvalue weighted by molar-refractivity contribution is 6.35. The minimum atomic E-state index is -1.78. The van der Waals surface area contributed by atoms with Gasteiger partial charge < -0.3 is 39.0 Å². The van der Waals surface area contributed by atoms with E-state index >= 15 is 0 Å². The summed E-state index contributed by atoms with van der Waals surface area (Å²) in [6, 6.07) is 2.99. The fourth-order valence-corrected chi connectivity index (χ4v) is 6.28. The van der Waals surface area contributed by atoms with Gasteiger partial charge in [-0.15, -0.1) is 0 Å². The zero-order valence-corrected chi connectivity index (χ0v) is 27.8. The number of esters is 1. The molecule has 8 atom stereocenters. The number of epoxide rings is 1. The van der Waals surface area contributed by atoms with Crippen molar-refractivity contribution in [2.45, 2.75) is 88.7 Å². The fraction of sp³-hybridized carbons (Fsp3) is 0.594. The van der Waals surface area contributed by atoms with Crippen LogP contribution in [0.5, 0.6) is 5.75 Å². The molecule has 4 rings (SSSR count). The second kappa shape index (κ2) is 13.7. The van der Waals surface area contributed by atoms with E-state index in [2.05, 4.69) is 10.6 Å². The molecule has 4 bridgehead atoms. The minimum absolute atomic E-state index is 0.00553. The molecule has 3 aliphatic heterocycles. The van der Waals surface area contributed by atoms with Gasteiger partial charge in [0.05, 0.1) is 25.3 Å². The number of carbonyl (C=O) groups excluding carboxylic acids is 3. The van der Waals surface area contributed by atoms with E-state index in [9.17, 15) is 19.5 Å². The molecule has 1 aromatic rings. The zero-order valence-electron chi connectivity index (χ0n) is 27.0. The Kier molecular flexibility index (Phi) is 10.6. The van der Waals surface area contributed by atoms with E-state index in [0.29, 0.717) is 17.9 Å². The molecule has 3 N–H and O–H groups in total. The third-order valence-corrected chi connectivity index (χ3v) is 9.38. The van der Waals surface area contributed by atoms with Crippen LogP contribution in [0.2, 0.25) is 5.02 Å². The summed E-state index contributed by atoms with van der Waals surface area (Å²) in [6.45, 7) is 7.17. The topological polar surface area (TPSA) is 148 Å². The molecule has 0 spiro atoms. The van der Waals surface area contributed by atoms with Crippen molar-refractivity contribution in [2.75, 3.05) is 33.2 Å². The number of carbonyl (C=O) groups is 3. The van der Waals surface area contributed by atoms with Gasteiger partial charge in [0, 0.05) is 26.5 Å². The van der Waals surface area contributed by atoms with Crippen LogP contribution in [-0.4, -0.2) is 93.2 Å². The number of halogens is 1. The van der Waals surface area contributed by atoms with Crippen molar-refractivity contribution in [3.63, 3.8) is 0 Å². The lowest BCUT2D eigenvalue weighted by Crippen LogP contribution is -2.63. The van der Waals surface area contributed by atoms with Crippen LogP contribution < -0.4 is 20.3 Å². The third-order valence-electron chi connectivity index (χ3n) is 9.00. The number of ether oxygens (including phenoxy) is 5. The Morgan fingerprint density at radius 1 is 1.29 bits per heavy atom. The van der Waals surface area contributed by atoms with E-state index in [4.69, 9.17) is 35.3 Å². The van der Waals surface area contributed by atoms with Crippen LogP contribution in [-0.2, 0) is 35.0 Å². The van der Waals surface area contributed by atoms with Gasteiger partial charge >= 0.3 is 12.1 Å². The monoisotopic (exact) mass is 649 g/mol. The molecule has 248 valence electrons. The van der Waals surface area contributed by atoms with Gasteiger partial charge in [0.25, 0.3) is 0 Å². The number of methoxy groups -OCH3 is 2. The molecule has 1 aromatic carbocycles. The molecular formula is C32H44ClN3O9. The number of rotatable bonds is 5. The number of nitrogens with zero attached hydrogens (tertiary/aromatic N) is 1. The molecule has 0 aliphatic carbocycles. The summed E-state index contributed by atoms with van der Waals surface area (Å²) in [5.41, 5.74) is -0.646. The molecule has 2 amide bonds. The summed E-state index contributed by atoms with van der Waals surface area (Å²) in [5, 5.41) is 17.2. The Morgan fingerprint density at radius 3 is 2.64 bits per heavy atom. The largest absolute Gasteiger partial charge is 0.495 e. The lowest BCUT2D eigenvalue weighted by atomic mass is 9.83. The number of allylic oxidation sites excluding steroid dienone is 3. The molecule has 3 aliphatic rings. The smallest absolute Gasteiger partial charge is 0.409 e. The highest BCUT2D eigenvalue weighted by atomic mass is 35.5. The summed E-state index contributed by atoms with van der Waals surface area (Å²) in [4.78, 5) is 40.9. The van der Waals surface area contributed by atoms with Crippen molar-refractivity contribution in [3.8, 4) is 5.75 Å². The van der Waals surface area contributed by atoms with Gasteiger partial charge in [-0.2, -0.15) is 0 Å². The highest BCUT2D eigenvalue weighted by Gasteiger charge is 2.64. The second-order valence-electron chi connectivity index (χ2n) is 12.2. The van der Waals surface area contributed by atoms with Crippen LogP contribution in [0.1, 0.15) is 46.1 Å². The van der Waals surface area contributed by atoms with E-state index in [-0.39, 0.29) is 23.8 Å². The predicted octanol–water partition coefficient (Wildman–Crippen LogP) is 3.28. The Hall–Kier alpha value is -3.16. The molecular weight excluding hydrogens is 606 g/mol. The van der Waals surface area contributed by atoms with Crippen molar-refractivity contribution >= 4 is 35.3 Å². The van der Waals surface area contributed by atoms with Crippen molar-refractivity contribution in [3.05, 3.63) is 46.5 Å². The third kappa shape index (κ3) is 7.30. The quantitative estimate of drug-likeness (QED) is 0.321. The number of hydrogen-bond donors (Lipinski definition) is 3. The standard InChI is InChI=1S/C32H44ClN3O9/c1-17-10-9-11-24(42-8)32(40)16-23(43-30(39)35-32)18(2)28-31(4,45-28)25(44-29(38)19(3)34-5)15-26(37)36(6)21-13-20(12-17)14-22(41-7)27(21)33/h9-11,13-14,18-19,23-25,28,34,40H,12,15-16H2,1-8H3,(H,35,39)/b11-9+,17-10+/t18-,19-,23+,24-,25+,28+,31+,32+/m1/s1. The molecule has 12 nitrogen and oxygen atoms in total. The van der Waals surface area contributed by atoms with Gasteiger partial charge in [0.2, 0.25) is 5.91 Å². The van der Waals surface area contributed by atoms with Crippen LogP contribution in [0.25, 0.3) is 0 Å². The van der Waals surface area contributed by atoms with Gasteiger partial charge in [-0.25, -0.2) is 4.79 Å². The maximum absolute atomic E-state index is 13.8. The number of benzene rings is 1. The van der Waals surface area contributed by atoms with Crippen LogP contribution in [0.4, 0.5) is 10.5 Å². The molecule has 45 heavy (non-hydrogen) atoms.